The normalized spacial score (nSPS) is 17.6. The van der Waals surface area contributed by atoms with E-state index in [1.165, 1.54) is 25.7 Å². The Hall–Kier alpha value is -0.900. The monoisotopic (exact) mass is 222 g/mol. The average molecular weight is 222 g/mol. The van der Waals surface area contributed by atoms with Crippen LogP contribution in [0.25, 0.3) is 0 Å². The van der Waals surface area contributed by atoms with Crippen molar-refractivity contribution in [2.75, 3.05) is 6.54 Å². The van der Waals surface area contributed by atoms with E-state index >= 15 is 0 Å². The van der Waals surface area contributed by atoms with Gasteiger partial charge >= 0.3 is 0 Å². The third kappa shape index (κ3) is 3.30. The van der Waals surface area contributed by atoms with Crippen LogP contribution in [0, 0.1) is 5.92 Å². The molecule has 2 rings (SSSR count). The molecule has 1 fully saturated rings. The Morgan fingerprint density at radius 2 is 2.38 bits per heavy atom. The minimum Gasteiger partial charge on any atom is -0.314 e. The van der Waals surface area contributed by atoms with Gasteiger partial charge in [0.25, 0.3) is 0 Å². The molecule has 16 heavy (non-hydrogen) atoms. The molecule has 1 saturated carbocycles. The number of nitrogens with zero attached hydrogens (tertiary/aromatic N) is 3. The summed E-state index contributed by atoms with van der Waals surface area (Å²) >= 11 is 0. The average Bonchev–Trinajstić information content (AvgIpc) is 3.03. The smallest absolute Gasteiger partial charge is 0.0827 e. The molecule has 1 aromatic heterocycles. The SMILES string of the molecule is CCCNC(CCc1cn(C)nn1)C1CC1. The molecule has 4 nitrogen and oxygen atoms in total. The zero-order chi connectivity index (χ0) is 11.4. The van der Waals surface area contributed by atoms with Crippen LogP contribution < -0.4 is 5.32 Å². The fourth-order valence-corrected chi connectivity index (χ4v) is 2.15. The molecule has 0 radical (unpaired) electrons. The lowest BCUT2D eigenvalue weighted by Crippen LogP contribution is -2.32. The molecule has 0 aromatic carbocycles. The molecular formula is C12H22N4. The third-order valence-corrected chi connectivity index (χ3v) is 3.21. The molecule has 90 valence electrons. The second-order valence-electron chi connectivity index (χ2n) is 4.82. The van der Waals surface area contributed by atoms with Crippen LogP contribution >= 0.6 is 0 Å². The maximum absolute atomic E-state index is 4.13. The van der Waals surface area contributed by atoms with Crippen molar-refractivity contribution in [2.24, 2.45) is 13.0 Å². The van der Waals surface area contributed by atoms with Gasteiger partial charge in [-0.1, -0.05) is 12.1 Å². The molecule has 0 aliphatic heterocycles. The minimum atomic E-state index is 0.696. The van der Waals surface area contributed by atoms with Crippen LogP contribution in [0.3, 0.4) is 0 Å². The van der Waals surface area contributed by atoms with Crippen LogP contribution in [0.4, 0.5) is 0 Å². The lowest BCUT2D eigenvalue weighted by atomic mass is 10.1. The molecule has 1 atom stereocenters. The van der Waals surface area contributed by atoms with Crippen molar-refractivity contribution in [3.8, 4) is 0 Å². The first-order valence-electron chi connectivity index (χ1n) is 6.38. The van der Waals surface area contributed by atoms with Crippen LogP contribution in [0.15, 0.2) is 6.20 Å². The van der Waals surface area contributed by atoms with Crippen LogP contribution in [-0.2, 0) is 13.5 Å². The van der Waals surface area contributed by atoms with Crippen molar-refractivity contribution in [1.29, 1.82) is 0 Å². The van der Waals surface area contributed by atoms with Gasteiger partial charge in [0.15, 0.2) is 0 Å². The molecule has 1 N–H and O–H groups in total. The maximum Gasteiger partial charge on any atom is 0.0827 e. The first-order valence-corrected chi connectivity index (χ1v) is 6.38. The molecule has 1 aliphatic rings. The molecule has 0 amide bonds. The fraction of sp³-hybridized carbons (Fsp3) is 0.833. The third-order valence-electron chi connectivity index (χ3n) is 3.21. The van der Waals surface area contributed by atoms with Gasteiger partial charge in [-0.2, -0.15) is 0 Å². The van der Waals surface area contributed by atoms with Gasteiger partial charge in [-0.3, -0.25) is 4.68 Å². The highest BCUT2D eigenvalue weighted by Gasteiger charge is 2.30. The van der Waals surface area contributed by atoms with Crippen molar-refractivity contribution in [2.45, 2.75) is 45.1 Å². The van der Waals surface area contributed by atoms with Crippen molar-refractivity contribution < 1.29 is 0 Å². The molecule has 1 aromatic rings. The summed E-state index contributed by atoms with van der Waals surface area (Å²) in [5.74, 6) is 0.920. The van der Waals surface area contributed by atoms with Gasteiger partial charge in [-0.25, -0.2) is 0 Å². The van der Waals surface area contributed by atoms with Gasteiger partial charge < -0.3 is 5.32 Å². The van der Waals surface area contributed by atoms with E-state index in [-0.39, 0.29) is 0 Å². The van der Waals surface area contributed by atoms with E-state index in [0.29, 0.717) is 6.04 Å². The molecule has 1 heterocycles. The van der Waals surface area contributed by atoms with E-state index in [9.17, 15) is 0 Å². The quantitative estimate of drug-likeness (QED) is 0.760. The number of aromatic nitrogens is 3. The van der Waals surface area contributed by atoms with Crippen molar-refractivity contribution in [1.82, 2.24) is 20.3 Å². The number of nitrogens with one attached hydrogen (secondary N) is 1. The molecule has 0 bridgehead atoms. The highest BCUT2D eigenvalue weighted by molar-refractivity contribution is 4.95. The Labute approximate surface area is 97.4 Å². The molecule has 4 heteroatoms. The van der Waals surface area contributed by atoms with Crippen LogP contribution in [-0.4, -0.2) is 27.6 Å². The highest BCUT2D eigenvalue weighted by Crippen LogP contribution is 2.34. The Bertz CT molecular complexity index is 317. The van der Waals surface area contributed by atoms with Gasteiger partial charge in [0.1, 0.15) is 0 Å². The summed E-state index contributed by atoms with van der Waals surface area (Å²) in [6.07, 6.45) is 8.29. The summed E-state index contributed by atoms with van der Waals surface area (Å²) in [4.78, 5) is 0. The summed E-state index contributed by atoms with van der Waals surface area (Å²) < 4.78 is 1.78. The van der Waals surface area contributed by atoms with E-state index < -0.39 is 0 Å². The lowest BCUT2D eigenvalue weighted by Gasteiger charge is -2.16. The zero-order valence-electron chi connectivity index (χ0n) is 10.3. The van der Waals surface area contributed by atoms with Crippen LogP contribution in [0.2, 0.25) is 0 Å². The van der Waals surface area contributed by atoms with Crippen molar-refractivity contribution >= 4 is 0 Å². The minimum absolute atomic E-state index is 0.696. The van der Waals surface area contributed by atoms with Gasteiger partial charge in [0, 0.05) is 19.3 Å². The lowest BCUT2D eigenvalue weighted by molar-refractivity contribution is 0.434. The Morgan fingerprint density at radius 1 is 1.56 bits per heavy atom. The Kier molecular flexibility index (Phi) is 3.93. The van der Waals surface area contributed by atoms with Crippen LogP contribution in [0.5, 0.6) is 0 Å². The van der Waals surface area contributed by atoms with E-state index in [1.54, 1.807) is 4.68 Å². The standard InChI is InChI=1S/C12H22N4/c1-3-8-13-12(10-4-5-10)7-6-11-9-16(2)15-14-11/h9-10,12-13H,3-8H2,1-2H3. The number of rotatable bonds is 7. The summed E-state index contributed by atoms with van der Waals surface area (Å²) in [6.45, 7) is 3.36. The van der Waals surface area contributed by atoms with E-state index in [4.69, 9.17) is 0 Å². The molecule has 1 aliphatic carbocycles. The van der Waals surface area contributed by atoms with Gasteiger partial charge in [0.05, 0.1) is 5.69 Å². The second-order valence-corrected chi connectivity index (χ2v) is 4.82. The second kappa shape index (κ2) is 5.43. The highest BCUT2D eigenvalue weighted by atomic mass is 15.4. The number of hydrogen-bond donors (Lipinski definition) is 1. The molecule has 0 spiro atoms. The number of hydrogen-bond acceptors (Lipinski definition) is 3. The topological polar surface area (TPSA) is 42.7 Å². The molecular weight excluding hydrogens is 200 g/mol. The largest absolute Gasteiger partial charge is 0.314 e. The zero-order valence-corrected chi connectivity index (χ0v) is 10.3. The predicted octanol–water partition coefficient (Wildman–Crippen LogP) is 1.53. The maximum atomic E-state index is 4.13. The van der Waals surface area contributed by atoms with Crippen molar-refractivity contribution in [3.63, 3.8) is 0 Å². The van der Waals surface area contributed by atoms with E-state index in [0.717, 1.165) is 24.6 Å². The summed E-state index contributed by atoms with van der Waals surface area (Å²) in [6, 6.07) is 0.696. The predicted molar refractivity (Wildman–Crippen MR) is 64.1 cm³/mol. The first kappa shape index (κ1) is 11.6. The summed E-state index contributed by atoms with van der Waals surface area (Å²) in [7, 11) is 1.92. The van der Waals surface area contributed by atoms with E-state index in [1.807, 2.05) is 13.2 Å². The van der Waals surface area contributed by atoms with Crippen molar-refractivity contribution in [3.05, 3.63) is 11.9 Å². The molecule has 0 saturated heterocycles. The summed E-state index contributed by atoms with van der Waals surface area (Å²) in [5, 5.41) is 11.7. The molecule has 1 unspecified atom stereocenters. The fourth-order valence-electron chi connectivity index (χ4n) is 2.15. The van der Waals surface area contributed by atoms with Gasteiger partial charge in [-0.15, -0.1) is 5.10 Å². The van der Waals surface area contributed by atoms with Gasteiger partial charge in [-0.05, 0) is 44.6 Å². The van der Waals surface area contributed by atoms with Crippen LogP contribution in [0.1, 0.15) is 38.3 Å². The Morgan fingerprint density at radius 3 is 2.94 bits per heavy atom. The van der Waals surface area contributed by atoms with Gasteiger partial charge in [0.2, 0.25) is 0 Å². The van der Waals surface area contributed by atoms with E-state index in [2.05, 4.69) is 22.6 Å². The Balaban J connectivity index is 1.77. The summed E-state index contributed by atoms with van der Waals surface area (Å²) in [5.41, 5.74) is 1.12. The first-order chi connectivity index (χ1) is 7.79. The number of aryl methyl sites for hydroxylation is 2.